The fourth-order valence-electron chi connectivity index (χ4n) is 2.46. The number of aryl methyl sites for hydroxylation is 1. The maximum atomic E-state index is 10.8. The van der Waals surface area contributed by atoms with Gasteiger partial charge in [0.15, 0.2) is 0 Å². The number of benzene rings is 1. The number of carbonyl (C=O) groups excluding carboxylic acids is 1. The van der Waals surface area contributed by atoms with E-state index in [1.165, 1.54) is 6.92 Å². The molecule has 0 unspecified atom stereocenters. The van der Waals surface area contributed by atoms with E-state index in [-0.39, 0.29) is 5.97 Å². The summed E-state index contributed by atoms with van der Waals surface area (Å²) in [6.45, 7) is 6.40. The summed E-state index contributed by atoms with van der Waals surface area (Å²) in [6.07, 6.45) is 2.77. The minimum Gasteiger partial charge on any atom is -0.466 e. The van der Waals surface area contributed by atoms with E-state index in [1.54, 1.807) is 0 Å². The normalized spacial score (nSPS) is 11.4. The number of carbonyl (C=O) groups is 1. The van der Waals surface area contributed by atoms with E-state index in [0.717, 1.165) is 33.9 Å². The molecule has 4 nitrogen and oxygen atoms in total. The van der Waals surface area contributed by atoms with Gasteiger partial charge in [-0.05, 0) is 38.0 Å². The van der Waals surface area contributed by atoms with Gasteiger partial charge >= 0.3 is 5.97 Å². The maximum Gasteiger partial charge on any atom is 0.302 e. The minimum absolute atomic E-state index is 0.258. The molecule has 2 aromatic rings. The SMILES string of the molecule is CC(=O)OCCCn1cc(C(C)(C)C#N)c2ccc(Br)cc21. The minimum atomic E-state index is -0.548. The van der Waals surface area contributed by atoms with Crippen molar-refractivity contribution in [3.8, 4) is 6.07 Å². The topological polar surface area (TPSA) is 55.0 Å². The standard InChI is InChI=1S/C17H19BrN2O2/c1-12(21)22-8-4-7-20-10-15(17(2,3)11-19)14-6-5-13(18)9-16(14)20/h5-6,9-10H,4,7-8H2,1-3H3. The first-order valence-electron chi connectivity index (χ1n) is 7.18. The van der Waals surface area contributed by atoms with E-state index in [0.29, 0.717) is 6.61 Å². The lowest BCUT2D eigenvalue weighted by molar-refractivity contribution is -0.141. The molecule has 0 aliphatic carbocycles. The molecule has 5 heteroatoms. The van der Waals surface area contributed by atoms with E-state index in [4.69, 9.17) is 4.74 Å². The fourth-order valence-corrected chi connectivity index (χ4v) is 2.81. The quantitative estimate of drug-likeness (QED) is 0.592. The molecule has 1 aromatic carbocycles. The summed E-state index contributed by atoms with van der Waals surface area (Å²) < 4.78 is 8.10. The third kappa shape index (κ3) is 3.50. The third-order valence-electron chi connectivity index (χ3n) is 3.65. The van der Waals surface area contributed by atoms with Crippen molar-refractivity contribution in [1.29, 1.82) is 5.26 Å². The third-order valence-corrected chi connectivity index (χ3v) is 4.14. The summed E-state index contributed by atoms with van der Waals surface area (Å²) in [4.78, 5) is 10.8. The van der Waals surface area contributed by atoms with Crippen LogP contribution in [0.25, 0.3) is 10.9 Å². The summed E-state index contributed by atoms with van der Waals surface area (Å²) in [5.41, 5.74) is 1.55. The van der Waals surface area contributed by atoms with Crippen LogP contribution in [-0.4, -0.2) is 17.1 Å². The van der Waals surface area contributed by atoms with E-state index < -0.39 is 5.41 Å². The van der Waals surface area contributed by atoms with Gasteiger partial charge in [-0.2, -0.15) is 5.26 Å². The zero-order valence-electron chi connectivity index (χ0n) is 13.0. The first kappa shape index (κ1) is 16.6. The predicted octanol–water partition coefficient (Wildman–Crippen LogP) is 4.16. The van der Waals surface area contributed by atoms with Crippen LogP contribution in [0.15, 0.2) is 28.9 Å². The van der Waals surface area contributed by atoms with Gasteiger partial charge in [-0.3, -0.25) is 4.79 Å². The molecule has 116 valence electrons. The molecule has 0 saturated carbocycles. The van der Waals surface area contributed by atoms with E-state index in [9.17, 15) is 10.1 Å². The molecule has 0 aliphatic rings. The van der Waals surface area contributed by atoms with Gasteiger partial charge in [0, 0.05) is 35.0 Å². The highest BCUT2D eigenvalue weighted by Gasteiger charge is 2.24. The predicted molar refractivity (Wildman–Crippen MR) is 89.5 cm³/mol. The number of fused-ring (bicyclic) bond motifs is 1. The van der Waals surface area contributed by atoms with Crippen molar-refractivity contribution in [3.05, 3.63) is 34.4 Å². The molecule has 0 radical (unpaired) electrons. The van der Waals surface area contributed by atoms with Gasteiger partial charge in [-0.1, -0.05) is 22.0 Å². The van der Waals surface area contributed by atoms with Gasteiger partial charge in [-0.15, -0.1) is 0 Å². The molecule has 0 spiro atoms. The number of rotatable bonds is 5. The Labute approximate surface area is 138 Å². The zero-order chi connectivity index (χ0) is 16.3. The van der Waals surface area contributed by atoms with Gasteiger partial charge < -0.3 is 9.30 Å². The summed E-state index contributed by atoms with van der Waals surface area (Å²) in [5.74, 6) is -0.258. The molecule has 1 aromatic heterocycles. The molecule has 0 N–H and O–H groups in total. The van der Waals surface area contributed by atoms with Crippen LogP contribution in [0.3, 0.4) is 0 Å². The van der Waals surface area contributed by atoms with Crippen LogP contribution in [0.5, 0.6) is 0 Å². The van der Waals surface area contributed by atoms with E-state index in [2.05, 4.69) is 32.6 Å². The van der Waals surface area contributed by atoms with Crippen LogP contribution in [0.2, 0.25) is 0 Å². The number of halogens is 1. The smallest absolute Gasteiger partial charge is 0.302 e. The Morgan fingerprint density at radius 2 is 2.18 bits per heavy atom. The van der Waals surface area contributed by atoms with Crippen molar-refractivity contribution >= 4 is 32.8 Å². The Morgan fingerprint density at radius 3 is 2.82 bits per heavy atom. The highest BCUT2D eigenvalue weighted by atomic mass is 79.9. The van der Waals surface area contributed by atoms with Gasteiger partial charge in [0.25, 0.3) is 0 Å². The van der Waals surface area contributed by atoms with Crippen molar-refractivity contribution in [2.45, 2.75) is 39.2 Å². The molecule has 22 heavy (non-hydrogen) atoms. The van der Waals surface area contributed by atoms with Crippen LogP contribution < -0.4 is 0 Å². The van der Waals surface area contributed by atoms with Gasteiger partial charge in [0.05, 0.1) is 18.1 Å². The first-order valence-corrected chi connectivity index (χ1v) is 7.98. The lowest BCUT2D eigenvalue weighted by atomic mass is 9.86. The largest absolute Gasteiger partial charge is 0.466 e. The summed E-state index contributed by atoms with van der Waals surface area (Å²) in [5, 5.41) is 10.5. The molecule has 0 bridgehead atoms. The number of nitrogens with zero attached hydrogens (tertiary/aromatic N) is 2. The highest BCUT2D eigenvalue weighted by Crippen LogP contribution is 2.33. The second kappa shape index (κ2) is 6.53. The number of hydrogen-bond donors (Lipinski definition) is 0. The van der Waals surface area contributed by atoms with E-state index in [1.807, 2.05) is 32.2 Å². The number of nitriles is 1. The summed E-state index contributed by atoms with van der Waals surface area (Å²) >= 11 is 3.50. The second-order valence-corrected chi connectivity index (χ2v) is 6.74. The Kier molecular flexibility index (Phi) is 4.92. The van der Waals surface area contributed by atoms with E-state index >= 15 is 0 Å². The Morgan fingerprint density at radius 1 is 1.45 bits per heavy atom. The Balaban J connectivity index is 2.35. The van der Waals surface area contributed by atoms with Crippen LogP contribution in [-0.2, 0) is 21.5 Å². The van der Waals surface area contributed by atoms with Crippen molar-refractivity contribution in [3.63, 3.8) is 0 Å². The van der Waals surface area contributed by atoms with Gasteiger partial charge in [-0.25, -0.2) is 0 Å². The molecule has 2 rings (SSSR count). The monoisotopic (exact) mass is 362 g/mol. The van der Waals surface area contributed by atoms with Crippen LogP contribution in [0.1, 0.15) is 32.8 Å². The second-order valence-electron chi connectivity index (χ2n) is 5.83. The first-order chi connectivity index (χ1) is 10.3. The fraction of sp³-hybridized carbons (Fsp3) is 0.412. The average Bonchev–Trinajstić information content (AvgIpc) is 2.82. The molecule has 1 heterocycles. The average molecular weight is 363 g/mol. The van der Waals surface area contributed by atoms with Crippen LogP contribution >= 0.6 is 15.9 Å². The molecule has 0 saturated heterocycles. The highest BCUT2D eigenvalue weighted by molar-refractivity contribution is 9.10. The molecule has 0 amide bonds. The zero-order valence-corrected chi connectivity index (χ0v) is 14.6. The Hall–Kier alpha value is -1.80. The molecule has 0 atom stereocenters. The van der Waals surface area contributed by atoms with Gasteiger partial charge in [0.2, 0.25) is 0 Å². The summed E-state index contributed by atoms with van der Waals surface area (Å²) in [7, 11) is 0. The molecule has 0 fully saturated rings. The van der Waals surface area contributed by atoms with Crippen LogP contribution in [0, 0.1) is 11.3 Å². The van der Waals surface area contributed by atoms with Crippen molar-refractivity contribution < 1.29 is 9.53 Å². The number of aromatic nitrogens is 1. The molecular weight excluding hydrogens is 344 g/mol. The van der Waals surface area contributed by atoms with Crippen molar-refractivity contribution in [2.24, 2.45) is 0 Å². The van der Waals surface area contributed by atoms with Gasteiger partial charge in [0.1, 0.15) is 0 Å². The Bertz CT molecular complexity index is 741. The van der Waals surface area contributed by atoms with Crippen molar-refractivity contribution in [2.75, 3.05) is 6.61 Å². The maximum absolute atomic E-state index is 10.8. The number of hydrogen-bond acceptors (Lipinski definition) is 3. The lowest BCUT2D eigenvalue weighted by Gasteiger charge is -2.13. The van der Waals surface area contributed by atoms with Crippen molar-refractivity contribution in [1.82, 2.24) is 4.57 Å². The lowest BCUT2D eigenvalue weighted by Crippen LogP contribution is -2.13. The summed E-state index contributed by atoms with van der Waals surface area (Å²) in [6, 6.07) is 8.45. The molecular formula is C17H19BrN2O2. The number of esters is 1. The number of ether oxygens (including phenoxy) is 1. The molecule has 0 aliphatic heterocycles. The van der Waals surface area contributed by atoms with Crippen LogP contribution in [0.4, 0.5) is 0 Å².